The maximum atomic E-state index is 6.00. The summed E-state index contributed by atoms with van der Waals surface area (Å²) in [5.41, 5.74) is 6.01. The van der Waals surface area contributed by atoms with E-state index in [-0.39, 0.29) is 5.54 Å². The molecule has 1 aliphatic heterocycles. The van der Waals surface area contributed by atoms with E-state index in [1.807, 2.05) is 0 Å². The Bertz CT molecular complexity index is 223. The van der Waals surface area contributed by atoms with Crippen LogP contribution < -0.4 is 5.73 Å². The number of piperidine rings is 1. The normalized spacial score (nSPS) is 22.3. The summed E-state index contributed by atoms with van der Waals surface area (Å²) < 4.78 is 5.39. The first-order chi connectivity index (χ1) is 8.57. The molecule has 2 N–H and O–H groups in total. The van der Waals surface area contributed by atoms with Crippen molar-refractivity contribution in [2.45, 2.75) is 31.7 Å². The second kappa shape index (κ2) is 7.43. The quantitative estimate of drug-likeness (QED) is 0.739. The zero-order valence-corrected chi connectivity index (χ0v) is 12.6. The molecule has 0 radical (unpaired) electrons. The van der Waals surface area contributed by atoms with Crippen molar-refractivity contribution in [1.82, 2.24) is 9.80 Å². The first-order valence-electron chi connectivity index (χ1n) is 7.16. The molecular weight excluding hydrogens is 226 g/mol. The number of rotatable bonds is 7. The van der Waals surface area contributed by atoms with Crippen LogP contribution in [0.1, 0.15) is 26.2 Å². The third kappa shape index (κ3) is 3.92. The summed E-state index contributed by atoms with van der Waals surface area (Å²) in [5, 5.41) is 0. The molecule has 1 atom stereocenters. The molecule has 0 amide bonds. The highest BCUT2D eigenvalue weighted by Gasteiger charge is 2.33. The largest absolute Gasteiger partial charge is 0.383 e. The van der Waals surface area contributed by atoms with Gasteiger partial charge in [0, 0.05) is 20.2 Å². The minimum absolute atomic E-state index is 0.0120. The van der Waals surface area contributed by atoms with Crippen LogP contribution in [0.5, 0.6) is 0 Å². The highest BCUT2D eigenvalue weighted by atomic mass is 16.5. The standard InChI is InChI=1S/C14H31N3O/c1-5-14(11-15,12-18-4)17(3)10-13-6-8-16(2)9-7-13/h13H,5-12,15H2,1-4H3. The van der Waals surface area contributed by atoms with E-state index < -0.39 is 0 Å². The number of nitrogens with two attached hydrogens (primary N) is 1. The maximum Gasteiger partial charge on any atom is 0.0658 e. The Morgan fingerprint density at radius 1 is 1.39 bits per heavy atom. The molecule has 0 aliphatic carbocycles. The SMILES string of the molecule is CCC(CN)(COC)N(C)CC1CCN(C)CC1. The lowest BCUT2D eigenvalue weighted by Crippen LogP contribution is -2.56. The smallest absolute Gasteiger partial charge is 0.0658 e. The molecule has 1 heterocycles. The number of hydrogen-bond donors (Lipinski definition) is 1. The first kappa shape index (κ1) is 15.9. The minimum atomic E-state index is 0.0120. The number of likely N-dealkylation sites (N-methyl/N-ethyl adjacent to an activating group) is 1. The molecule has 1 rings (SSSR count). The molecule has 0 spiro atoms. The summed E-state index contributed by atoms with van der Waals surface area (Å²) in [7, 11) is 6.18. The Hall–Kier alpha value is -0.160. The van der Waals surface area contributed by atoms with Gasteiger partial charge in [0.05, 0.1) is 12.1 Å². The molecule has 1 aliphatic rings. The molecular formula is C14H31N3O. The summed E-state index contributed by atoms with van der Waals surface area (Å²) in [4.78, 5) is 4.86. The van der Waals surface area contributed by atoms with Crippen molar-refractivity contribution >= 4 is 0 Å². The van der Waals surface area contributed by atoms with Gasteiger partial charge in [-0.3, -0.25) is 4.90 Å². The molecule has 0 aromatic carbocycles. The van der Waals surface area contributed by atoms with E-state index in [1.165, 1.54) is 25.9 Å². The van der Waals surface area contributed by atoms with Gasteiger partial charge in [0.15, 0.2) is 0 Å². The molecule has 18 heavy (non-hydrogen) atoms. The monoisotopic (exact) mass is 257 g/mol. The van der Waals surface area contributed by atoms with Crippen LogP contribution in [-0.2, 0) is 4.74 Å². The zero-order valence-electron chi connectivity index (χ0n) is 12.6. The van der Waals surface area contributed by atoms with Gasteiger partial charge in [0.25, 0.3) is 0 Å². The maximum absolute atomic E-state index is 6.00. The average Bonchev–Trinajstić information content (AvgIpc) is 2.38. The van der Waals surface area contributed by atoms with Crippen molar-refractivity contribution in [3.63, 3.8) is 0 Å². The van der Waals surface area contributed by atoms with Crippen molar-refractivity contribution < 1.29 is 4.74 Å². The lowest BCUT2D eigenvalue weighted by atomic mass is 9.91. The molecule has 1 unspecified atom stereocenters. The Kier molecular flexibility index (Phi) is 6.57. The van der Waals surface area contributed by atoms with Crippen LogP contribution in [0.3, 0.4) is 0 Å². The highest BCUT2D eigenvalue weighted by Crippen LogP contribution is 2.23. The summed E-state index contributed by atoms with van der Waals surface area (Å²) in [6.45, 7) is 7.19. The number of hydrogen-bond acceptors (Lipinski definition) is 4. The number of nitrogens with zero attached hydrogens (tertiary/aromatic N) is 2. The van der Waals surface area contributed by atoms with E-state index in [0.29, 0.717) is 6.54 Å². The van der Waals surface area contributed by atoms with Gasteiger partial charge in [-0.2, -0.15) is 0 Å². The second-order valence-corrected chi connectivity index (χ2v) is 5.84. The topological polar surface area (TPSA) is 41.7 Å². The molecule has 0 aromatic heterocycles. The van der Waals surface area contributed by atoms with E-state index >= 15 is 0 Å². The van der Waals surface area contributed by atoms with Crippen molar-refractivity contribution in [2.75, 3.05) is 54.0 Å². The lowest BCUT2D eigenvalue weighted by Gasteiger charge is -2.43. The fourth-order valence-electron chi connectivity index (χ4n) is 2.94. The minimum Gasteiger partial charge on any atom is -0.383 e. The van der Waals surface area contributed by atoms with E-state index in [0.717, 1.165) is 25.5 Å². The Balaban J connectivity index is 2.53. The number of methoxy groups -OCH3 is 1. The van der Waals surface area contributed by atoms with Crippen molar-refractivity contribution in [3.05, 3.63) is 0 Å². The van der Waals surface area contributed by atoms with E-state index in [4.69, 9.17) is 10.5 Å². The fraction of sp³-hybridized carbons (Fsp3) is 1.00. The second-order valence-electron chi connectivity index (χ2n) is 5.84. The van der Waals surface area contributed by atoms with Gasteiger partial charge in [0.2, 0.25) is 0 Å². The summed E-state index contributed by atoms with van der Waals surface area (Å²) >= 11 is 0. The Morgan fingerprint density at radius 3 is 2.44 bits per heavy atom. The van der Waals surface area contributed by atoms with Gasteiger partial charge in [-0.25, -0.2) is 0 Å². The molecule has 108 valence electrons. The van der Waals surface area contributed by atoms with E-state index in [1.54, 1.807) is 7.11 Å². The summed E-state index contributed by atoms with van der Waals surface area (Å²) in [5.74, 6) is 0.806. The van der Waals surface area contributed by atoms with Crippen LogP contribution in [-0.4, -0.2) is 69.3 Å². The van der Waals surface area contributed by atoms with Crippen LogP contribution in [0.15, 0.2) is 0 Å². The van der Waals surface area contributed by atoms with Crippen molar-refractivity contribution in [1.29, 1.82) is 0 Å². The predicted octanol–water partition coefficient (Wildman–Crippen LogP) is 1.01. The van der Waals surface area contributed by atoms with Gasteiger partial charge in [-0.15, -0.1) is 0 Å². The molecule has 0 bridgehead atoms. The average molecular weight is 257 g/mol. The molecule has 0 aromatic rings. The fourth-order valence-corrected chi connectivity index (χ4v) is 2.94. The molecule has 4 nitrogen and oxygen atoms in total. The number of ether oxygens (including phenoxy) is 1. The van der Waals surface area contributed by atoms with Crippen molar-refractivity contribution in [3.8, 4) is 0 Å². The molecule has 4 heteroatoms. The van der Waals surface area contributed by atoms with E-state index in [9.17, 15) is 0 Å². The lowest BCUT2D eigenvalue weighted by molar-refractivity contribution is 0.0137. The van der Waals surface area contributed by atoms with Crippen LogP contribution in [0, 0.1) is 5.92 Å². The highest BCUT2D eigenvalue weighted by molar-refractivity contribution is 4.90. The molecule has 1 saturated heterocycles. The van der Waals surface area contributed by atoms with Crippen molar-refractivity contribution in [2.24, 2.45) is 11.7 Å². The Labute approximate surface area is 112 Å². The van der Waals surface area contributed by atoms with Gasteiger partial charge in [-0.1, -0.05) is 6.92 Å². The molecule has 0 saturated carbocycles. The van der Waals surface area contributed by atoms with Crippen LogP contribution in [0.25, 0.3) is 0 Å². The Morgan fingerprint density at radius 2 is 2.00 bits per heavy atom. The molecule has 1 fully saturated rings. The van der Waals surface area contributed by atoms with Gasteiger partial charge in [0.1, 0.15) is 0 Å². The third-order valence-electron chi connectivity index (χ3n) is 4.63. The van der Waals surface area contributed by atoms with Crippen LogP contribution >= 0.6 is 0 Å². The van der Waals surface area contributed by atoms with Gasteiger partial charge >= 0.3 is 0 Å². The van der Waals surface area contributed by atoms with Gasteiger partial charge in [-0.05, 0) is 52.4 Å². The third-order valence-corrected chi connectivity index (χ3v) is 4.63. The van der Waals surface area contributed by atoms with Crippen LogP contribution in [0.2, 0.25) is 0 Å². The first-order valence-corrected chi connectivity index (χ1v) is 7.16. The summed E-state index contributed by atoms with van der Waals surface area (Å²) in [6.07, 6.45) is 3.65. The zero-order chi connectivity index (χ0) is 13.6. The van der Waals surface area contributed by atoms with Crippen LogP contribution in [0.4, 0.5) is 0 Å². The summed E-state index contributed by atoms with van der Waals surface area (Å²) in [6, 6.07) is 0. The predicted molar refractivity (Wildman–Crippen MR) is 76.8 cm³/mol. The number of likely N-dealkylation sites (tertiary alicyclic amines) is 1. The van der Waals surface area contributed by atoms with E-state index in [2.05, 4.69) is 30.8 Å². The van der Waals surface area contributed by atoms with Gasteiger partial charge < -0.3 is 15.4 Å².